The molecule has 2 aliphatic rings. The molecule has 0 aromatic heterocycles. The van der Waals surface area contributed by atoms with Gasteiger partial charge in [0, 0.05) is 12.0 Å². The fourth-order valence-corrected chi connectivity index (χ4v) is 4.01. The molecule has 0 spiro atoms. The van der Waals surface area contributed by atoms with E-state index in [4.69, 9.17) is 0 Å². The van der Waals surface area contributed by atoms with Gasteiger partial charge in [-0.25, -0.2) is 0 Å². The lowest BCUT2D eigenvalue weighted by Crippen LogP contribution is -2.42. The maximum absolute atomic E-state index is 12.0. The fraction of sp³-hybridized carbons (Fsp3) is 0.556. The van der Waals surface area contributed by atoms with Crippen LogP contribution in [-0.2, 0) is 11.2 Å². The molecule has 4 heteroatoms. The van der Waals surface area contributed by atoms with Gasteiger partial charge in [0.05, 0.1) is 0 Å². The number of amides is 2. The van der Waals surface area contributed by atoms with Crippen LogP contribution in [0.25, 0.3) is 0 Å². The van der Waals surface area contributed by atoms with Gasteiger partial charge >= 0.3 is 0 Å². The monoisotopic (exact) mass is 300 g/mol. The van der Waals surface area contributed by atoms with Gasteiger partial charge < -0.3 is 0 Å². The number of benzene rings is 1. The molecular weight excluding hydrogens is 276 g/mol. The zero-order valence-corrected chi connectivity index (χ0v) is 13.1. The summed E-state index contributed by atoms with van der Waals surface area (Å²) in [5, 5.41) is 0. The Morgan fingerprint density at radius 1 is 1.09 bits per heavy atom. The number of hydrogen-bond acceptors (Lipinski definition) is 2. The largest absolute Gasteiger partial charge is 0.273 e. The molecule has 3 rings (SSSR count). The Hall–Kier alpha value is -1.84. The first-order valence-corrected chi connectivity index (χ1v) is 8.33. The summed E-state index contributed by atoms with van der Waals surface area (Å²) in [5.41, 5.74) is 6.83. The highest BCUT2D eigenvalue weighted by Gasteiger charge is 2.40. The second kappa shape index (κ2) is 6.51. The third-order valence-corrected chi connectivity index (χ3v) is 5.27. The van der Waals surface area contributed by atoms with Crippen molar-refractivity contribution in [3.8, 4) is 0 Å². The van der Waals surface area contributed by atoms with Gasteiger partial charge in [0.2, 0.25) is 5.91 Å². The zero-order chi connectivity index (χ0) is 15.5. The molecular formula is C18H24N2O2. The number of fused-ring (bicyclic) bond motifs is 2. The summed E-state index contributed by atoms with van der Waals surface area (Å²) in [6.45, 7) is 2.07. The Kier molecular flexibility index (Phi) is 4.46. The van der Waals surface area contributed by atoms with E-state index in [1.165, 1.54) is 31.2 Å². The molecule has 22 heavy (non-hydrogen) atoms. The number of carbonyl (C=O) groups excluding carboxylic acids is 2. The molecule has 0 saturated heterocycles. The molecule has 2 aliphatic carbocycles. The Bertz CT molecular complexity index is 553. The van der Waals surface area contributed by atoms with Gasteiger partial charge in [0.25, 0.3) is 5.91 Å². The van der Waals surface area contributed by atoms with Crippen LogP contribution in [0.15, 0.2) is 24.3 Å². The summed E-state index contributed by atoms with van der Waals surface area (Å²) >= 11 is 0. The first-order chi connectivity index (χ1) is 10.7. The third kappa shape index (κ3) is 3.32. The van der Waals surface area contributed by atoms with Crippen LogP contribution in [-0.4, -0.2) is 11.8 Å². The average Bonchev–Trinajstić information content (AvgIpc) is 3.15. The molecule has 2 amide bonds. The number of carbonyl (C=O) groups is 2. The summed E-state index contributed by atoms with van der Waals surface area (Å²) in [6.07, 6.45) is 6.59. The Balaban J connectivity index is 1.45. The second-order valence-electron chi connectivity index (χ2n) is 6.69. The van der Waals surface area contributed by atoms with Gasteiger partial charge in [-0.05, 0) is 61.1 Å². The van der Waals surface area contributed by atoms with Crippen molar-refractivity contribution >= 4 is 11.8 Å². The molecule has 0 heterocycles. The molecule has 1 aromatic carbocycles. The van der Waals surface area contributed by atoms with E-state index < -0.39 is 0 Å². The summed E-state index contributed by atoms with van der Waals surface area (Å²) in [7, 11) is 0. The molecule has 2 bridgehead atoms. The molecule has 0 unspecified atom stereocenters. The number of hydrogen-bond donors (Lipinski definition) is 2. The van der Waals surface area contributed by atoms with Crippen LogP contribution in [0, 0.1) is 17.8 Å². The van der Waals surface area contributed by atoms with E-state index in [2.05, 4.69) is 17.8 Å². The van der Waals surface area contributed by atoms with Crippen LogP contribution in [0.2, 0.25) is 0 Å². The lowest BCUT2D eigenvalue weighted by molar-refractivity contribution is -0.123. The van der Waals surface area contributed by atoms with E-state index in [0.29, 0.717) is 17.9 Å². The highest BCUT2D eigenvalue weighted by atomic mass is 16.2. The zero-order valence-electron chi connectivity index (χ0n) is 13.1. The normalized spacial score (nSPS) is 26.0. The molecule has 1 aromatic rings. The van der Waals surface area contributed by atoms with Gasteiger partial charge in [-0.1, -0.05) is 25.5 Å². The maximum atomic E-state index is 12.0. The molecule has 2 saturated carbocycles. The smallest absolute Gasteiger partial charge is 0.269 e. The van der Waals surface area contributed by atoms with Gasteiger partial charge in [-0.3, -0.25) is 20.4 Å². The highest BCUT2D eigenvalue weighted by molar-refractivity contribution is 5.95. The van der Waals surface area contributed by atoms with Crippen LogP contribution in [0.3, 0.4) is 0 Å². The fourth-order valence-electron chi connectivity index (χ4n) is 4.01. The van der Waals surface area contributed by atoms with E-state index >= 15 is 0 Å². The number of hydrazine groups is 1. The molecule has 2 fully saturated rings. The van der Waals surface area contributed by atoms with E-state index in [0.717, 1.165) is 18.3 Å². The lowest BCUT2D eigenvalue weighted by Gasteiger charge is -2.20. The standard InChI is InChI=1S/C18H24N2O2/c1-2-12-3-6-14(7-4-12)18(22)20-19-17(21)11-16-10-13-5-8-15(16)9-13/h3-4,6-7,13,15-16H,2,5,8-11H2,1H3,(H,19,21)(H,20,22)/t13-,15-,16+/m1/s1. The third-order valence-electron chi connectivity index (χ3n) is 5.27. The first-order valence-electron chi connectivity index (χ1n) is 8.33. The Labute approximate surface area is 131 Å². The average molecular weight is 300 g/mol. The lowest BCUT2D eigenvalue weighted by atomic mass is 9.86. The van der Waals surface area contributed by atoms with Crippen molar-refractivity contribution in [1.82, 2.24) is 10.9 Å². The molecule has 0 aliphatic heterocycles. The van der Waals surface area contributed by atoms with Crippen LogP contribution in [0.5, 0.6) is 0 Å². The van der Waals surface area contributed by atoms with E-state index in [-0.39, 0.29) is 11.8 Å². The van der Waals surface area contributed by atoms with Gasteiger partial charge in [0.1, 0.15) is 0 Å². The number of rotatable bonds is 4. The van der Waals surface area contributed by atoms with Crippen molar-refractivity contribution in [3.05, 3.63) is 35.4 Å². The molecule has 118 valence electrons. The number of nitrogens with one attached hydrogen (secondary N) is 2. The van der Waals surface area contributed by atoms with Crippen LogP contribution < -0.4 is 10.9 Å². The predicted molar refractivity (Wildman–Crippen MR) is 85.0 cm³/mol. The SMILES string of the molecule is CCc1ccc(C(=O)NNC(=O)C[C@@H]2C[C@@H]3CC[C@@H]2C3)cc1. The van der Waals surface area contributed by atoms with Crippen molar-refractivity contribution in [3.63, 3.8) is 0 Å². The summed E-state index contributed by atoms with van der Waals surface area (Å²) in [4.78, 5) is 24.0. The van der Waals surface area contributed by atoms with Gasteiger partial charge in [0.15, 0.2) is 0 Å². The summed E-state index contributed by atoms with van der Waals surface area (Å²) in [6, 6.07) is 7.45. The minimum Gasteiger partial charge on any atom is -0.273 e. The van der Waals surface area contributed by atoms with Crippen LogP contribution in [0.4, 0.5) is 0 Å². The molecule has 4 nitrogen and oxygen atoms in total. The second-order valence-corrected chi connectivity index (χ2v) is 6.69. The van der Waals surface area contributed by atoms with Crippen molar-refractivity contribution in [2.45, 2.75) is 45.4 Å². The maximum Gasteiger partial charge on any atom is 0.269 e. The van der Waals surface area contributed by atoms with Crippen LogP contribution in [0.1, 0.15) is 54.9 Å². The Morgan fingerprint density at radius 2 is 1.86 bits per heavy atom. The molecule has 0 radical (unpaired) electrons. The van der Waals surface area contributed by atoms with Gasteiger partial charge in [-0.15, -0.1) is 0 Å². The Morgan fingerprint density at radius 3 is 2.45 bits per heavy atom. The van der Waals surface area contributed by atoms with E-state index in [9.17, 15) is 9.59 Å². The summed E-state index contributed by atoms with van der Waals surface area (Å²) < 4.78 is 0. The minimum atomic E-state index is -0.260. The predicted octanol–water partition coefficient (Wildman–Crippen LogP) is 2.84. The topological polar surface area (TPSA) is 58.2 Å². The summed E-state index contributed by atoms with van der Waals surface area (Å²) in [5.74, 6) is 1.75. The van der Waals surface area contributed by atoms with Crippen molar-refractivity contribution in [2.75, 3.05) is 0 Å². The molecule has 3 atom stereocenters. The number of aryl methyl sites for hydroxylation is 1. The quantitative estimate of drug-likeness (QED) is 0.840. The van der Waals surface area contributed by atoms with E-state index in [1.807, 2.05) is 12.1 Å². The highest BCUT2D eigenvalue weighted by Crippen LogP contribution is 2.49. The minimum absolute atomic E-state index is 0.0731. The van der Waals surface area contributed by atoms with E-state index in [1.54, 1.807) is 12.1 Å². The van der Waals surface area contributed by atoms with Crippen molar-refractivity contribution in [2.24, 2.45) is 17.8 Å². The van der Waals surface area contributed by atoms with Gasteiger partial charge in [-0.2, -0.15) is 0 Å². The van der Waals surface area contributed by atoms with Crippen molar-refractivity contribution in [1.29, 1.82) is 0 Å². The van der Waals surface area contributed by atoms with Crippen LogP contribution >= 0.6 is 0 Å². The molecule has 2 N–H and O–H groups in total. The first kappa shape index (κ1) is 15.1. The van der Waals surface area contributed by atoms with Crippen molar-refractivity contribution < 1.29 is 9.59 Å².